The van der Waals surface area contributed by atoms with Crippen LogP contribution in [0, 0.1) is 22.7 Å². The molecule has 0 radical (unpaired) electrons. The van der Waals surface area contributed by atoms with E-state index in [1.54, 1.807) is 0 Å². The van der Waals surface area contributed by atoms with Gasteiger partial charge in [0.15, 0.2) is 0 Å². The maximum atomic E-state index is 9.99. The first kappa shape index (κ1) is 27.4. The van der Waals surface area contributed by atoms with Crippen molar-refractivity contribution >= 4 is 43.6 Å². The molecule has 222 valence electrons. The molecular weight excluding hydrogens is 585 g/mol. The molecule has 0 fully saturated rings. The second-order valence-electron chi connectivity index (χ2n) is 12.0. The van der Waals surface area contributed by atoms with E-state index in [0.29, 0.717) is 11.1 Å². The molecule has 4 nitrogen and oxygen atoms in total. The molecule has 7 aromatic carbocycles. The number of para-hydroxylation sites is 4. The summed E-state index contributed by atoms with van der Waals surface area (Å²) in [4.78, 5) is 0. The van der Waals surface area contributed by atoms with Crippen LogP contribution in [-0.2, 0) is 0 Å². The van der Waals surface area contributed by atoms with E-state index in [9.17, 15) is 10.5 Å². The van der Waals surface area contributed by atoms with Crippen LogP contribution >= 0.6 is 0 Å². The lowest BCUT2D eigenvalue weighted by Gasteiger charge is -2.13. The van der Waals surface area contributed by atoms with Crippen molar-refractivity contribution in [2.75, 3.05) is 0 Å². The molecule has 2 aromatic heterocycles. The van der Waals surface area contributed by atoms with E-state index < -0.39 is 0 Å². The third-order valence-electron chi connectivity index (χ3n) is 9.38. The Bertz CT molecular complexity index is 2800. The second-order valence-corrected chi connectivity index (χ2v) is 12.0. The number of nitriles is 2. The maximum Gasteiger partial charge on any atom is 0.101 e. The summed E-state index contributed by atoms with van der Waals surface area (Å²) in [5.41, 5.74) is 11.9. The Kier molecular flexibility index (Phi) is 6.22. The van der Waals surface area contributed by atoms with Gasteiger partial charge in [0.05, 0.1) is 45.0 Å². The summed E-state index contributed by atoms with van der Waals surface area (Å²) in [5, 5.41) is 24.2. The molecule has 0 atom stereocenters. The molecule has 4 heteroatoms. The molecule has 0 spiro atoms. The monoisotopic (exact) mass is 610 g/mol. The Morgan fingerprint density at radius 2 is 1.12 bits per heavy atom. The first-order valence-corrected chi connectivity index (χ1v) is 15.9. The van der Waals surface area contributed by atoms with Gasteiger partial charge in [0.1, 0.15) is 6.07 Å². The van der Waals surface area contributed by atoms with Crippen molar-refractivity contribution in [3.63, 3.8) is 0 Å². The van der Waals surface area contributed by atoms with Crippen molar-refractivity contribution in [3.05, 3.63) is 169 Å². The lowest BCUT2D eigenvalue weighted by Crippen LogP contribution is -1.97. The summed E-state index contributed by atoms with van der Waals surface area (Å²) in [6.45, 7) is 0. The molecular formula is C44H26N4. The van der Waals surface area contributed by atoms with Crippen molar-refractivity contribution < 1.29 is 0 Å². The quantitative estimate of drug-likeness (QED) is 0.199. The predicted molar refractivity (Wildman–Crippen MR) is 195 cm³/mol. The number of hydrogen-bond donors (Lipinski definition) is 0. The zero-order chi connectivity index (χ0) is 32.2. The van der Waals surface area contributed by atoms with E-state index in [-0.39, 0.29) is 0 Å². The fourth-order valence-electron chi connectivity index (χ4n) is 7.26. The fraction of sp³-hybridized carbons (Fsp3) is 0. The van der Waals surface area contributed by atoms with Crippen LogP contribution in [0.4, 0.5) is 0 Å². The molecule has 0 saturated heterocycles. The van der Waals surface area contributed by atoms with Crippen LogP contribution in [0.25, 0.3) is 77.2 Å². The predicted octanol–water partition coefficient (Wildman–Crippen LogP) is 11.0. The average Bonchev–Trinajstić information content (AvgIpc) is 3.67. The van der Waals surface area contributed by atoms with Gasteiger partial charge in [-0.15, -0.1) is 0 Å². The Hall–Kier alpha value is -6.88. The van der Waals surface area contributed by atoms with Gasteiger partial charge >= 0.3 is 0 Å². The van der Waals surface area contributed by atoms with Crippen LogP contribution in [0.3, 0.4) is 0 Å². The molecule has 0 bridgehead atoms. The standard InChI is InChI=1S/C44H26N4/c45-27-29-20-23-42-39(24-29)38-17-9-16-35(44(38)47(42)34-13-2-1-3-14-34)32-12-8-11-30(25-32)31-21-22-37-36-15-5-7-19-41(36)48(43(37)26-31)40-18-6-4-10-33(40)28-46/h1-26H. The molecule has 0 aliphatic carbocycles. The van der Waals surface area contributed by atoms with Gasteiger partial charge in [-0.2, -0.15) is 10.5 Å². The number of aromatic nitrogens is 2. The fourth-order valence-corrected chi connectivity index (χ4v) is 7.26. The summed E-state index contributed by atoms with van der Waals surface area (Å²) in [5.74, 6) is 0. The molecule has 9 rings (SSSR count). The SMILES string of the molecule is N#Cc1ccc2c(c1)c1cccc(-c3cccc(-c4ccc5c6ccccc6n(-c6ccccc6C#N)c5c4)c3)c1n2-c1ccccc1. The molecule has 0 aliphatic rings. The van der Waals surface area contributed by atoms with Gasteiger partial charge in [-0.25, -0.2) is 0 Å². The third-order valence-corrected chi connectivity index (χ3v) is 9.38. The Labute approximate surface area is 277 Å². The normalized spacial score (nSPS) is 11.3. The number of nitrogens with zero attached hydrogens (tertiary/aromatic N) is 4. The van der Waals surface area contributed by atoms with Crippen molar-refractivity contribution in [2.24, 2.45) is 0 Å². The van der Waals surface area contributed by atoms with Crippen LogP contribution in [0.15, 0.2) is 158 Å². The minimum atomic E-state index is 0.636. The first-order valence-electron chi connectivity index (χ1n) is 15.9. The highest BCUT2D eigenvalue weighted by molar-refractivity contribution is 6.14. The molecule has 0 amide bonds. The number of fused-ring (bicyclic) bond motifs is 6. The largest absolute Gasteiger partial charge is 0.309 e. The molecule has 2 heterocycles. The third kappa shape index (κ3) is 4.14. The molecule has 9 aromatic rings. The van der Waals surface area contributed by atoms with Gasteiger partial charge in [0.2, 0.25) is 0 Å². The first-order chi connectivity index (χ1) is 23.7. The summed E-state index contributed by atoms with van der Waals surface area (Å²) in [6.07, 6.45) is 0. The van der Waals surface area contributed by atoms with Gasteiger partial charge in [0.25, 0.3) is 0 Å². The van der Waals surface area contributed by atoms with Gasteiger partial charge in [-0.05, 0) is 77.4 Å². The van der Waals surface area contributed by atoms with Crippen molar-refractivity contribution in [2.45, 2.75) is 0 Å². The van der Waals surface area contributed by atoms with Crippen LogP contribution in [0.5, 0.6) is 0 Å². The molecule has 0 unspecified atom stereocenters. The van der Waals surface area contributed by atoms with E-state index in [2.05, 4.69) is 130 Å². The Balaban J connectivity index is 1.27. The number of rotatable bonds is 4. The topological polar surface area (TPSA) is 57.4 Å². The minimum absolute atomic E-state index is 0.636. The lowest BCUT2D eigenvalue weighted by atomic mass is 9.96. The van der Waals surface area contributed by atoms with Gasteiger partial charge in [-0.3, -0.25) is 0 Å². The van der Waals surface area contributed by atoms with Crippen LogP contribution in [0.1, 0.15) is 11.1 Å². The van der Waals surface area contributed by atoms with E-state index in [1.165, 1.54) is 0 Å². The lowest BCUT2D eigenvalue weighted by molar-refractivity contribution is 1.17. The second kappa shape index (κ2) is 10.9. The summed E-state index contributed by atoms with van der Waals surface area (Å²) in [6, 6.07) is 59.0. The minimum Gasteiger partial charge on any atom is -0.309 e. The molecule has 0 aliphatic heterocycles. The number of hydrogen-bond acceptors (Lipinski definition) is 2. The van der Waals surface area contributed by atoms with Crippen LogP contribution < -0.4 is 0 Å². The summed E-state index contributed by atoms with van der Waals surface area (Å²) in [7, 11) is 0. The van der Waals surface area contributed by atoms with E-state index in [4.69, 9.17) is 0 Å². The van der Waals surface area contributed by atoms with E-state index >= 15 is 0 Å². The van der Waals surface area contributed by atoms with Crippen molar-refractivity contribution in [1.82, 2.24) is 9.13 Å². The van der Waals surface area contributed by atoms with Gasteiger partial charge in [-0.1, -0.05) is 97.1 Å². The molecule has 0 N–H and O–H groups in total. The van der Waals surface area contributed by atoms with Gasteiger partial charge in [0, 0.05) is 32.8 Å². The zero-order valence-corrected chi connectivity index (χ0v) is 25.8. The Morgan fingerprint density at radius 1 is 0.417 bits per heavy atom. The van der Waals surface area contributed by atoms with Gasteiger partial charge < -0.3 is 9.13 Å². The zero-order valence-electron chi connectivity index (χ0n) is 25.8. The average molecular weight is 611 g/mol. The smallest absolute Gasteiger partial charge is 0.101 e. The van der Waals surface area contributed by atoms with Crippen LogP contribution in [0.2, 0.25) is 0 Å². The summed E-state index contributed by atoms with van der Waals surface area (Å²) < 4.78 is 4.52. The van der Waals surface area contributed by atoms with E-state index in [1.807, 2.05) is 48.5 Å². The highest BCUT2D eigenvalue weighted by Gasteiger charge is 2.18. The molecule has 48 heavy (non-hydrogen) atoms. The summed E-state index contributed by atoms with van der Waals surface area (Å²) >= 11 is 0. The van der Waals surface area contributed by atoms with Crippen molar-refractivity contribution in [3.8, 4) is 45.8 Å². The highest BCUT2D eigenvalue weighted by atomic mass is 15.0. The maximum absolute atomic E-state index is 9.99. The van der Waals surface area contributed by atoms with E-state index in [0.717, 1.165) is 77.2 Å². The Morgan fingerprint density at radius 3 is 2.00 bits per heavy atom. The van der Waals surface area contributed by atoms with Crippen LogP contribution in [-0.4, -0.2) is 9.13 Å². The number of benzene rings is 7. The highest BCUT2D eigenvalue weighted by Crippen LogP contribution is 2.40. The molecule has 0 saturated carbocycles. The van der Waals surface area contributed by atoms with Crippen molar-refractivity contribution in [1.29, 1.82) is 10.5 Å².